The average Bonchev–Trinajstić information content (AvgIpc) is 3.17. The number of hydrogen-bond acceptors (Lipinski definition) is 8. The summed E-state index contributed by atoms with van der Waals surface area (Å²) >= 11 is 0. The molecule has 5 rings (SSSR count). The Hall–Kier alpha value is -5.23. The first-order valence-electron chi connectivity index (χ1n) is 19.1. The maximum absolute atomic E-state index is 14.5. The van der Waals surface area contributed by atoms with Crippen LogP contribution in [0.5, 0.6) is 5.75 Å². The molecule has 3 amide bonds. The van der Waals surface area contributed by atoms with Crippen LogP contribution < -0.4 is 21.1 Å². The molecule has 1 heterocycles. The molecule has 4 atom stereocenters. The Morgan fingerprint density at radius 3 is 2.40 bits per heavy atom. The highest BCUT2D eigenvalue weighted by Crippen LogP contribution is 2.29. The lowest BCUT2D eigenvalue weighted by molar-refractivity contribution is -0.115. The molecular weight excluding hydrogens is 695 g/mol. The van der Waals surface area contributed by atoms with Crippen LogP contribution >= 0.6 is 0 Å². The Bertz CT molecular complexity index is 1870. The summed E-state index contributed by atoms with van der Waals surface area (Å²) in [5.74, 6) is -0.376. The number of anilines is 3. The fourth-order valence-electron chi connectivity index (χ4n) is 6.70. The smallest absolute Gasteiger partial charge is 0.258 e. The van der Waals surface area contributed by atoms with Crippen molar-refractivity contribution in [3.8, 4) is 5.75 Å². The van der Waals surface area contributed by atoms with Crippen LogP contribution in [-0.2, 0) is 22.5 Å². The average molecular weight is 750 g/mol. The Morgan fingerprint density at radius 2 is 1.67 bits per heavy atom. The maximum Gasteiger partial charge on any atom is 0.258 e. The molecule has 11 nitrogen and oxygen atoms in total. The summed E-state index contributed by atoms with van der Waals surface area (Å²) in [6.07, 6.45) is 2.34. The van der Waals surface area contributed by atoms with Gasteiger partial charge in [0.25, 0.3) is 11.8 Å². The van der Waals surface area contributed by atoms with Crippen molar-refractivity contribution in [3.05, 3.63) is 119 Å². The molecule has 5 N–H and O–H groups in total. The van der Waals surface area contributed by atoms with Crippen LogP contribution in [0.4, 0.5) is 17.1 Å². The standard InChI is InChI=1S/C44H55N5O6/c1-30-26-49(31(2)29-50)44(53)37-25-36(46-42(51)24-33-13-6-5-7-14-33)21-22-40(37)55-32(3)12-10-11-23-54-41(30)28-48(4)27-34-17-19-35(20-18-34)43(52)47-39-16-9-8-15-38(39)45/h5-9,13-22,25,30-32,41,50H,10-12,23-24,26-29,45H2,1-4H3,(H,46,51)(H,47,52)/t30-,31+,32+,41-/m0/s1. The van der Waals surface area contributed by atoms with Gasteiger partial charge in [-0.05, 0) is 93.7 Å². The number of ether oxygens (including phenoxy) is 2. The van der Waals surface area contributed by atoms with Crippen molar-refractivity contribution in [2.24, 2.45) is 5.92 Å². The second-order valence-corrected chi connectivity index (χ2v) is 14.7. The van der Waals surface area contributed by atoms with E-state index < -0.39 is 6.04 Å². The zero-order valence-corrected chi connectivity index (χ0v) is 32.4. The quantitative estimate of drug-likeness (QED) is 0.125. The number of benzene rings is 4. The van der Waals surface area contributed by atoms with Gasteiger partial charge < -0.3 is 35.8 Å². The number of fused-ring (bicyclic) bond motifs is 1. The summed E-state index contributed by atoms with van der Waals surface area (Å²) < 4.78 is 12.9. The fourth-order valence-corrected chi connectivity index (χ4v) is 6.70. The van der Waals surface area contributed by atoms with Crippen molar-refractivity contribution in [2.45, 2.75) is 71.2 Å². The molecule has 0 unspecified atom stereocenters. The summed E-state index contributed by atoms with van der Waals surface area (Å²) in [6.45, 7) is 7.77. The number of carbonyl (C=O) groups is 3. The van der Waals surface area contributed by atoms with Gasteiger partial charge in [0.15, 0.2) is 0 Å². The summed E-state index contributed by atoms with van der Waals surface area (Å²) in [7, 11) is 2.03. The first-order valence-corrected chi connectivity index (χ1v) is 19.1. The van der Waals surface area contributed by atoms with Crippen LogP contribution in [0, 0.1) is 5.92 Å². The molecule has 0 bridgehead atoms. The van der Waals surface area contributed by atoms with Gasteiger partial charge in [-0.3, -0.25) is 19.3 Å². The summed E-state index contributed by atoms with van der Waals surface area (Å²) in [4.78, 5) is 44.2. The predicted octanol–water partition coefficient (Wildman–Crippen LogP) is 6.63. The lowest BCUT2D eigenvalue weighted by Gasteiger charge is -2.36. The Labute approximate surface area is 324 Å². The van der Waals surface area contributed by atoms with E-state index in [-0.39, 0.29) is 48.9 Å². The van der Waals surface area contributed by atoms with Crippen LogP contribution in [0.25, 0.3) is 0 Å². The Balaban J connectivity index is 1.30. The van der Waals surface area contributed by atoms with Crippen molar-refractivity contribution in [3.63, 3.8) is 0 Å². The molecule has 0 spiro atoms. The van der Waals surface area contributed by atoms with E-state index in [0.29, 0.717) is 60.2 Å². The first-order chi connectivity index (χ1) is 26.5. The van der Waals surface area contributed by atoms with E-state index in [2.05, 4.69) is 22.5 Å². The third-order valence-electron chi connectivity index (χ3n) is 9.91. The molecule has 1 aliphatic rings. The van der Waals surface area contributed by atoms with E-state index in [9.17, 15) is 19.5 Å². The van der Waals surface area contributed by atoms with Gasteiger partial charge in [0, 0.05) is 43.4 Å². The van der Waals surface area contributed by atoms with Crippen LogP contribution in [-0.4, -0.2) is 84.2 Å². The van der Waals surface area contributed by atoms with Gasteiger partial charge in [-0.15, -0.1) is 0 Å². The van der Waals surface area contributed by atoms with Gasteiger partial charge in [0.1, 0.15) is 5.75 Å². The largest absolute Gasteiger partial charge is 0.490 e. The summed E-state index contributed by atoms with van der Waals surface area (Å²) in [5.41, 5.74) is 10.3. The Morgan fingerprint density at radius 1 is 0.945 bits per heavy atom. The fraction of sp³-hybridized carbons (Fsp3) is 0.386. The van der Waals surface area contributed by atoms with Crippen LogP contribution in [0.15, 0.2) is 97.1 Å². The zero-order chi connectivity index (χ0) is 39.3. The van der Waals surface area contributed by atoms with Crippen LogP contribution in [0.2, 0.25) is 0 Å². The SMILES string of the molecule is C[C@@H]1CCCCO[C@@H](CN(C)Cc2ccc(C(=O)Nc3ccccc3N)cc2)[C@@H](C)CN([C@H](C)CO)C(=O)c2cc(NC(=O)Cc3ccccc3)ccc2O1. The second kappa shape index (κ2) is 19.9. The molecule has 292 valence electrons. The molecule has 0 saturated heterocycles. The third-order valence-corrected chi connectivity index (χ3v) is 9.91. The number of carbonyl (C=O) groups excluding carboxylic acids is 3. The minimum Gasteiger partial charge on any atom is -0.490 e. The van der Waals surface area contributed by atoms with E-state index in [0.717, 1.165) is 30.4 Å². The van der Waals surface area contributed by atoms with Gasteiger partial charge in [-0.1, -0.05) is 61.5 Å². The number of aliphatic hydroxyl groups excluding tert-OH is 1. The van der Waals surface area contributed by atoms with Gasteiger partial charge in [-0.2, -0.15) is 0 Å². The zero-order valence-electron chi connectivity index (χ0n) is 32.4. The monoisotopic (exact) mass is 749 g/mol. The van der Waals surface area contributed by atoms with Crippen LogP contribution in [0.1, 0.15) is 71.9 Å². The van der Waals surface area contributed by atoms with E-state index in [1.54, 1.807) is 47.4 Å². The van der Waals surface area contributed by atoms with E-state index in [4.69, 9.17) is 15.2 Å². The number of nitrogen functional groups attached to an aromatic ring is 1. The van der Waals surface area contributed by atoms with E-state index >= 15 is 0 Å². The lowest BCUT2D eigenvalue weighted by atomic mass is 10.0. The summed E-state index contributed by atoms with van der Waals surface area (Å²) in [5, 5.41) is 16.1. The van der Waals surface area contributed by atoms with Crippen molar-refractivity contribution in [1.82, 2.24) is 9.80 Å². The molecule has 0 fully saturated rings. The Kier molecular flexibility index (Phi) is 14.8. The number of likely N-dealkylation sites (N-methyl/N-ethyl adjacent to an activating group) is 1. The van der Waals surface area contributed by atoms with Gasteiger partial charge in [0.05, 0.1) is 48.2 Å². The van der Waals surface area contributed by atoms with Crippen molar-refractivity contribution in [1.29, 1.82) is 0 Å². The molecule has 0 aromatic heterocycles. The van der Waals surface area contributed by atoms with Crippen molar-refractivity contribution < 1.29 is 29.0 Å². The van der Waals surface area contributed by atoms with E-state index in [1.807, 2.05) is 75.5 Å². The molecule has 4 aromatic carbocycles. The molecular formula is C44H55N5O6. The predicted molar refractivity (Wildman–Crippen MR) is 217 cm³/mol. The number of hydrogen-bond donors (Lipinski definition) is 4. The van der Waals surface area contributed by atoms with Gasteiger partial charge in [-0.25, -0.2) is 0 Å². The number of nitrogens with one attached hydrogen (secondary N) is 2. The topological polar surface area (TPSA) is 146 Å². The molecule has 4 aromatic rings. The molecule has 0 radical (unpaired) electrons. The number of nitrogens with two attached hydrogens (primary N) is 1. The van der Waals surface area contributed by atoms with Crippen LogP contribution in [0.3, 0.4) is 0 Å². The molecule has 11 heteroatoms. The number of amides is 3. The third kappa shape index (κ3) is 11.9. The van der Waals surface area contributed by atoms with Gasteiger partial charge >= 0.3 is 0 Å². The molecule has 0 aliphatic carbocycles. The first kappa shape index (κ1) is 40.9. The minimum absolute atomic E-state index is 0.100. The maximum atomic E-state index is 14.5. The number of nitrogens with zero attached hydrogens (tertiary/aromatic N) is 2. The number of aliphatic hydroxyl groups is 1. The lowest BCUT2D eigenvalue weighted by Crippen LogP contribution is -2.47. The van der Waals surface area contributed by atoms with E-state index in [1.165, 1.54) is 0 Å². The normalized spacial score (nSPS) is 18.8. The second-order valence-electron chi connectivity index (χ2n) is 14.7. The highest BCUT2D eigenvalue weighted by Gasteiger charge is 2.30. The highest BCUT2D eigenvalue weighted by atomic mass is 16.5. The molecule has 0 saturated carbocycles. The highest BCUT2D eigenvalue weighted by molar-refractivity contribution is 6.05. The number of para-hydroxylation sites is 2. The molecule has 1 aliphatic heterocycles. The number of rotatable bonds is 11. The summed E-state index contributed by atoms with van der Waals surface area (Å²) in [6, 6.07) is 28.8. The minimum atomic E-state index is -0.489. The van der Waals surface area contributed by atoms with Crippen molar-refractivity contribution >= 4 is 34.8 Å². The van der Waals surface area contributed by atoms with Gasteiger partial charge in [0.2, 0.25) is 5.91 Å². The van der Waals surface area contributed by atoms with Crippen molar-refractivity contribution in [2.75, 3.05) is 49.7 Å². The molecule has 55 heavy (non-hydrogen) atoms.